The van der Waals surface area contributed by atoms with Crippen molar-refractivity contribution in [3.05, 3.63) is 71.5 Å². The zero-order chi connectivity index (χ0) is 17.1. The highest BCUT2D eigenvalue weighted by Gasteiger charge is 2.16. The van der Waals surface area contributed by atoms with Crippen LogP contribution in [0.1, 0.15) is 21.7 Å². The highest BCUT2D eigenvalue weighted by Crippen LogP contribution is 2.26. The smallest absolute Gasteiger partial charge is 0.259 e. The first-order valence-corrected chi connectivity index (χ1v) is 7.69. The summed E-state index contributed by atoms with van der Waals surface area (Å²) in [7, 11) is 1.59. The zero-order valence-corrected chi connectivity index (χ0v) is 13.9. The molecule has 4 heteroatoms. The Morgan fingerprint density at radius 3 is 2.50 bits per heavy atom. The van der Waals surface area contributed by atoms with Crippen molar-refractivity contribution in [2.45, 2.75) is 13.8 Å². The molecule has 0 aliphatic heterocycles. The third-order valence-corrected chi connectivity index (χ3v) is 3.83. The van der Waals surface area contributed by atoms with E-state index in [1.165, 1.54) is 5.56 Å². The fraction of sp³-hybridized carbons (Fsp3) is 0.150. The van der Waals surface area contributed by atoms with Gasteiger partial charge in [-0.1, -0.05) is 35.9 Å². The molecule has 4 nitrogen and oxygen atoms in total. The van der Waals surface area contributed by atoms with Gasteiger partial charge in [0.25, 0.3) is 5.91 Å². The molecule has 1 amide bonds. The number of anilines is 1. The minimum atomic E-state index is -0.206. The summed E-state index contributed by atoms with van der Waals surface area (Å²) in [6.45, 7) is 3.82. The Balaban J connectivity index is 1.83. The zero-order valence-electron chi connectivity index (χ0n) is 13.9. The van der Waals surface area contributed by atoms with Crippen LogP contribution in [0.4, 0.5) is 5.69 Å². The summed E-state index contributed by atoms with van der Waals surface area (Å²) in [5.74, 6) is 1.76. The van der Waals surface area contributed by atoms with Crippen LogP contribution in [-0.2, 0) is 0 Å². The molecule has 0 unspecified atom stereocenters. The largest absolute Gasteiger partial charge is 0.497 e. The van der Waals surface area contributed by atoms with E-state index < -0.39 is 0 Å². The lowest BCUT2D eigenvalue weighted by atomic mass is 10.1. The van der Waals surface area contributed by atoms with Gasteiger partial charge >= 0.3 is 0 Å². The van der Waals surface area contributed by atoms with Crippen LogP contribution in [0.15, 0.2) is 59.0 Å². The summed E-state index contributed by atoms with van der Waals surface area (Å²) in [5, 5.41) is 2.87. The summed E-state index contributed by atoms with van der Waals surface area (Å²) in [4.78, 5) is 12.5. The second-order valence-electron chi connectivity index (χ2n) is 5.63. The molecule has 0 radical (unpaired) electrons. The van der Waals surface area contributed by atoms with E-state index in [1.54, 1.807) is 26.2 Å². The topological polar surface area (TPSA) is 51.5 Å². The maximum atomic E-state index is 12.5. The average molecular weight is 321 g/mol. The molecule has 3 aromatic rings. The van der Waals surface area contributed by atoms with Crippen molar-refractivity contribution in [2.75, 3.05) is 12.4 Å². The molecule has 1 aromatic heterocycles. The van der Waals surface area contributed by atoms with Gasteiger partial charge in [-0.15, -0.1) is 0 Å². The van der Waals surface area contributed by atoms with Gasteiger partial charge in [-0.25, -0.2) is 0 Å². The van der Waals surface area contributed by atoms with Crippen LogP contribution >= 0.6 is 0 Å². The Hall–Kier alpha value is -3.01. The quantitative estimate of drug-likeness (QED) is 0.749. The molecule has 0 bridgehead atoms. The molecule has 0 aliphatic rings. The summed E-state index contributed by atoms with van der Waals surface area (Å²) in [5.41, 5.74) is 3.33. The van der Waals surface area contributed by atoms with Crippen LogP contribution < -0.4 is 10.1 Å². The standard InChI is InChI=1S/C20H19NO3/c1-13-7-9-15(10-8-13)19-12-18(14(2)24-19)20(22)21-16-5-4-6-17(11-16)23-3/h4-12H,1-3H3,(H,21,22). The van der Waals surface area contributed by atoms with Crippen molar-refractivity contribution in [2.24, 2.45) is 0 Å². The maximum absolute atomic E-state index is 12.5. The SMILES string of the molecule is COc1cccc(NC(=O)c2cc(-c3ccc(C)cc3)oc2C)c1. The molecule has 0 spiro atoms. The summed E-state index contributed by atoms with van der Waals surface area (Å²) >= 11 is 0. The second-order valence-corrected chi connectivity index (χ2v) is 5.63. The predicted molar refractivity (Wildman–Crippen MR) is 94.6 cm³/mol. The molecule has 0 atom stereocenters. The number of furan rings is 1. The molecule has 0 saturated carbocycles. The maximum Gasteiger partial charge on any atom is 0.259 e. The van der Waals surface area contributed by atoms with Gasteiger partial charge < -0.3 is 14.5 Å². The van der Waals surface area contributed by atoms with Crippen molar-refractivity contribution < 1.29 is 13.9 Å². The average Bonchev–Trinajstić information content (AvgIpc) is 2.97. The van der Waals surface area contributed by atoms with Gasteiger partial charge in [0.05, 0.1) is 12.7 Å². The van der Waals surface area contributed by atoms with Crippen molar-refractivity contribution >= 4 is 11.6 Å². The number of ether oxygens (including phenoxy) is 1. The van der Waals surface area contributed by atoms with Gasteiger partial charge in [0.1, 0.15) is 17.3 Å². The monoisotopic (exact) mass is 321 g/mol. The van der Waals surface area contributed by atoms with E-state index in [0.29, 0.717) is 28.5 Å². The van der Waals surface area contributed by atoms with Gasteiger partial charge in [-0.2, -0.15) is 0 Å². The molecule has 1 N–H and O–H groups in total. The molecule has 122 valence electrons. The summed E-state index contributed by atoms with van der Waals surface area (Å²) in [6, 6.07) is 17.0. The Morgan fingerprint density at radius 1 is 1.04 bits per heavy atom. The lowest BCUT2D eigenvalue weighted by molar-refractivity contribution is 0.102. The van der Waals surface area contributed by atoms with Crippen LogP contribution in [0.5, 0.6) is 5.75 Å². The van der Waals surface area contributed by atoms with E-state index in [4.69, 9.17) is 9.15 Å². The number of rotatable bonds is 4. The van der Waals surface area contributed by atoms with Crippen LogP contribution in [-0.4, -0.2) is 13.0 Å². The molecule has 2 aromatic carbocycles. The normalized spacial score (nSPS) is 10.5. The van der Waals surface area contributed by atoms with Crippen molar-refractivity contribution in [1.82, 2.24) is 0 Å². The highest BCUT2D eigenvalue weighted by molar-refractivity contribution is 6.05. The Morgan fingerprint density at radius 2 is 1.79 bits per heavy atom. The van der Waals surface area contributed by atoms with E-state index >= 15 is 0 Å². The van der Waals surface area contributed by atoms with E-state index in [-0.39, 0.29) is 5.91 Å². The van der Waals surface area contributed by atoms with Gasteiger partial charge in [0.15, 0.2) is 0 Å². The van der Waals surface area contributed by atoms with E-state index in [9.17, 15) is 4.79 Å². The molecular weight excluding hydrogens is 302 g/mol. The number of aryl methyl sites for hydroxylation is 2. The van der Waals surface area contributed by atoms with Gasteiger partial charge in [-0.3, -0.25) is 4.79 Å². The molecule has 3 rings (SSSR count). The Kier molecular flexibility index (Phi) is 4.38. The number of nitrogens with one attached hydrogen (secondary N) is 1. The first-order valence-electron chi connectivity index (χ1n) is 7.69. The lowest BCUT2D eigenvalue weighted by Gasteiger charge is -2.06. The first-order chi connectivity index (χ1) is 11.6. The summed E-state index contributed by atoms with van der Waals surface area (Å²) < 4.78 is 10.9. The Bertz CT molecular complexity index is 863. The molecular formula is C20H19NO3. The first kappa shape index (κ1) is 15.9. The van der Waals surface area contributed by atoms with Gasteiger partial charge in [0.2, 0.25) is 0 Å². The number of benzene rings is 2. The number of methoxy groups -OCH3 is 1. The van der Waals surface area contributed by atoms with Crippen LogP contribution in [0, 0.1) is 13.8 Å². The minimum absolute atomic E-state index is 0.206. The number of amides is 1. The third kappa shape index (κ3) is 3.33. The van der Waals surface area contributed by atoms with Crippen molar-refractivity contribution in [3.8, 4) is 17.1 Å². The van der Waals surface area contributed by atoms with E-state index in [1.807, 2.05) is 49.4 Å². The summed E-state index contributed by atoms with van der Waals surface area (Å²) in [6.07, 6.45) is 0. The number of carbonyl (C=O) groups is 1. The highest BCUT2D eigenvalue weighted by atomic mass is 16.5. The number of hydrogen-bond donors (Lipinski definition) is 1. The number of carbonyl (C=O) groups excluding carboxylic acids is 1. The van der Waals surface area contributed by atoms with Crippen molar-refractivity contribution in [3.63, 3.8) is 0 Å². The molecule has 24 heavy (non-hydrogen) atoms. The molecule has 0 fully saturated rings. The minimum Gasteiger partial charge on any atom is -0.497 e. The third-order valence-electron chi connectivity index (χ3n) is 3.83. The van der Waals surface area contributed by atoms with Crippen molar-refractivity contribution in [1.29, 1.82) is 0 Å². The molecule has 1 heterocycles. The van der Waals surface area contributed by atoms with Crippen LogP contribution in [0.3, 0.4) is 0 Å². The van der Waals surface area contributed by atoms with Crippen LogP contribution in [0.25, 0.3) is 11.3 Å². The number of hydrogen-bond acceptors (Lipinski definition) is 3. The molecule has 0 aliphatic carbocycles. The predicted octanol–water partition coefficient (Wildman–Crippen LogP) is 4.82. The van der Waals surface area contributed by atoms with E-state index in [0.717, 1.165) is 5.56 Å². The van der Waals surface area contributed by atoms with E-state index in [2.05, 4.69) is 5.32 Å². The van der Waals surface area contributed by atoms with Gasteiger partial charge in [-0.05, 0) is 32.0 Å². The second kappa shape index (κ2) is 6.62. The fourth-order valence-corrected chi connectivity index (χ4v) is 2.47. The fourth-order valence-electron chi connectivity index (χ4n) is 2.47. The van der Waals surface area contributed by atoms with Gasteiger partial charge in [0, 0.05) is 17.3 Å². The van der Waals surface area contributed by atoms with Crippen LogP contribution in [0.2, 0.25) is 0 Å². The lowest BCUT2D eigenvalue weighted by Crippen LogP contribution is -2.12. The Labute approximate surface area is 141 Å². The molecule has 0 saturated heterocycles.